The summed E-state index contributed by atoms with van der Waals surface area (Å²) < 4.78 is 42.0. The SMILES string of the molecule is COC1CN2C(CN3C(=O)c4ccccc4C3=O)C(c3ccc(Br)cc3)C2CN(S(=O)(=O)c2ccccc2[N+](=O)[O-])CC1OC. The molecule has 5 atom stereocenters. The molecule has 45 heavy (non-hydrogen) atoms. The van der Waals surface area contributed by atoms with E-state index in [1.54, 1.807) is 24.3 Å². The van der Waals surface area contributed by atoms with Crippen LogP contribution in [0.1, 0.15) is 32.2 Å². The largest absolute Gasteiger partial charge is 0.377 e. The van der Waals surface area contributed by atoms with Crippen LogP contribution in [0.3, 0.4) is 0 Å². The molecule has 5 unspecified atom stereocenters. The molecule has 0 spiro atoms. The number of carbonyl (C=O) groups excluding carboxylic acids is 2. The van der Waals surface area contributed by atoms with Gasteiger partial charge in [0.1, 0.15) is 0 Å². The third kappa shape index (κ3) is 5.49. The number of halogens is 1. The molecule has 3 heterocycles. The highest BCUT2D eigenvalue weighted by molar-refractivity contribution is 9.10. The Labute approximate surface area is 268 Å². The molecular weight excluding hydrogens is 668 g/mol. The minimum Gasteiger partial charge on any atom is -0.377 e. The Balaban J connectivity index is 1.41. The molecular formula is C31H31BrN4O8S. The maximum atomic E-state index is 14.2. The van der Waals surface area contributed by atoms with Crippen molar-refractivity contribution in [1.82, 2.24) is 14.1 Å². The van der Waals surface area contributed by atoms with E-state index in [2.05, 4.69) is 20.8 Å². The first kappa shape index (κ1) is 31.5. The van der Waals surface area contributed by atoms with Crippen molar-refractivity contribution in [3.63, 3.8) is 0 Å². The van der Waals surface area contributed by atoms with Crippen molar-refractivity contribution < 1.29 is 32.4 Å². The van der Waals surface area contributed by atoms with Gasteiger partial charge >= 0.3 is 0 Å². The van der Waals surface area contributed by atoms with Crippen molar-refractivity contribution in [2.45, 2.75) is 35.1 Å². The molecule has 3 aliphatic heterocycles. The summed E-state index contributed by atoms with van der Waals surface area (Å²) in [7, 11) is -1.40. The number of fused-ring (bicyclic) bond motifs is 2. The summed E-state index contributed by atoms with van der Waals surface area (Å²) in [5, 5.41) is 11.8. The third-order valence-electron chi connectivity index (χ3n) is 9.05. The number of hydrogen-bond donors (Lipinski definition) is 0. The predicted molar refractivity (Wildman–Crippen MR) is 166 cm³/mol. The van der Waals surface area contributed by atoms with Crippen LogP contribution in [0.15, 0.2) is 82.2 Å². The Bertz CT molecular complexity index is 1720. The Morgan fingerprint density at radius 1 is 0.867 bits per heavy atom. The predicted octanol–water partition coefficient (Wildman–Crippen LogP) is 3.52. The normalized spacial score (nSPS) is 25.7. The molecule has 2 saturated heterocycles. The summed E-state index contributed by atoms with van der Waals surface area (Å²) >= 11 is 3.48. The Morgan fingerprint density at radius 3 is 2.04 bits per heavy atom. The zero-order valence-corrected chi connectivity index (χ0v) is 26.9. The topological polar surface area (TPSA) is 140 Å². The fourth-order valence-electron chi connectivity index (χ4n) is 6.78. The van der Waals surface area contributed by atoms with Gasteiger partial charge in [-0.3, -0.25) is 29.5 Å². The standard InChI is InChI=1S/C31H31BrN4O8S/c1-43-26-17-33(45(41,42)28-10-6-5-9-23(28)36(39)40)15-24-29(19-11-13-20(32)14-12-19)25(34(24)18-27(26)44-2)16-35-30(37)21-7-3-4-8-22(21)31(35)38/h3-14,24-27,29H,15-18H2,1-2H3. The number of rotatable bonds is 8. The van der Waals surface area contributed by atoms with Crippen molar-refractivity contribution in [2.75, 3.05) is 40.4 Å². The van der Waals surface area contributed by atoms with E-state index < -0.39 is 43.8 Å². The van der Waals surface area contributed by atoms with Crippen LogP contribution in [-0.2, 0) is 19.5 Å². The number of nitro groups is 1. The molecule has 0 saturated carbocycles. The minimum absolute atomic E-state index is 0.00990. The molecule has 236 valence electrons. The third-order valence-corrected chi connectivity index (χ3v) is 11.5. The summed E-state index contributed by atoms with van der Waals surface area (Å²) in [4.78, 5) is 40.8. The van der Waals surface area contributed by atoms with E-state index in [4.69, 9.17) is 9.47 Å². The molecule has 0 aromatic heterocycles. The van der Waals surface area contributed by atoms with E-state index in [1.807, 2.05) is 24.3 Å². The van der Waals surface area contributed by atoms with Crippen LogP contribution in [0.2, 0.25) is 0 Å². The summed E-state index contributed by atoms with van der Waals surface area (Å²) in [5.41, 5.74) is 1.08. The van der Waals surface area contributed by atoms with Crippen LogP contribution in [0.25, 0.3) is 0 Å². The summed E-state index contributed by atoms with van der Waals surface area (Å²) in [5.74, 6) is -1.04. The number of carbonyl (C=O) groups is 2. The maximum Gasteiger partial charge on any atom is 0.289 e. The molecule has 0 N–H and O–H groups in total. The molecule has 3 aliphatic rings. The van der Waals surface area contributed by atoms with Crippen LogP contribution < -0.4 is 0 Å². The molecule has 14 heteroatoms. The van der Waals surface area contributed by atoms with E-state index >= 15 is 0 Å². The van der Waals surface area contributed by atoms with Crippen molar-refractivity contribution in [1.29, 1.82) is 0 Å². The Morgan fingerprint density at radius 2 is 1.44 bits per heavy atom. The van der Waals surface area contributed by atoms with E-state index in [9.17, 15) is 28.1 Å². The van der Waals surface area contributed by atoms with Gasteiger partial charge in [0.2, 0.25) is 10.0 Å². The molecule has 0 aliphatic carbocycles. The van der Waals surface area contributed by atoms with Gasteiger partial charge in [-0.25, -0.2) is 8.42 Å². The lowest BCUT2D eigenvalue weighted by Gasteiger charge is -2.59. The molecule has 3 aromatic rings. The molecule has 2 amide bonds. The summed E-state index contributed by atoms with van der Waals surface area (Å²) in [6.07, 6.45) is -1.29. The Kier molecular flexibility index (Phi) is 8.63. The van der Waals surface area contributed by atoms with E-state index in [-0.39, 0.29) is 43.4 Å². The second-order valence-corrected chi connectivity index (χ2v) is 14.1. The van der Waals surface area contributed by atoms with Gasteiger partial charge in [-0.2, -0.15) is 4.31 Å². The van der Waals surface area contributed by atoms with Crippen LogP contribution in [0, 0.1) is 10.1 Å². The van der Waals surface area contributed by atoms with E-state index in [0.717, 1.165) is 10.0 Å². The van der Waals surface area contributed by atoms with Gasteiger partial charge < -0.3 is 9.47 Å². The molecule has 3 aromatic carbocycles. The maximum absolute atomic E-state index is 14.2. The van der Waals surface area contributed by atoms with E-state index in [1.165, 1.54) is 47.7 Å². The highest BCUT2D eigenvalue weighted by atomic mass is 79.9. The number of benzene rings is 3. The molecule has 6 rings (SSSR count). The fraction of sp³-hybridized carbons (Fsp3) is 0.355. The number of imide groups is 1. The smallest absolute Gasteiger partial charge is 0.289 e. The quantitative estimate of drug-likeness (QED) is 0.196. The zero-order valence-electron chi connectivity index (χ0n) is 24.5. The van der Waals surface area contributed by atoms with Crippen LogP contribution >= 0.6 is 15.9 Å². The average Bonchev–Trinajstić information content (AvgIpc) is 3.27. The first-order chi connectivity index (χ1) is 21.6. The number of sulfonamides is 1. The number of amides is 2. The van der Waals surface area contributed by atoms with Crippen LogP contribution in [-0.4, -0.2) is 104 Å². The number of ether oxygens (including phenoxy) is 2. The first-order valence-corrected chi connectivity index (χ1v) is 16.6. The summed E-state index contributed by atoms with van der Waals surface area (Å²) in [6, 6.07) is 18.9. The number of para-hydroxylation sites is 1. The van der Waals surface area contributed by atoms with Gasteiger partial charge in [-0.05, 0) is 35.9 Å². The highest BCUT2D eigenvalue weighted by Crippen LogP contribution is 2.45. The van der Waals surface area contributed by atoms with Crippen LogP contribution in [0.4, 0.5) is 5.69 Å². The van der Waals surface area contributed by atoms with Crippen molar-refractivity contribution >= 4 is 43.5 Å². The zero-order chi connectivity index (χ0) is 32.0. The van der Waals surface area contributed by atoms with E-state index in [0.29, 0.717) is 17.7 Å². The van der Waals surface area contributed by atoms with Crippen molar-refractivity contribution in [3.05, 3.63) is 104 Å². The van der Waals surface area contributed by atoms with Crippen LogP contribution in [0.5, 0.6) is 0 Å². The van der Waals surface area contributed by atoms with Gasteiger partial charge in [0.25, 0.3) is 17.5 Å². The first-order valence-electron chi connectivity index (χ1n) is 14.3. The monoisotopic (exact) mass is 698 g/mol. The molecule has 0 radical (unpaired) electrons. The lowest BCUT2D eigenvalue weighted by atomic mass is 9.73. The number of hydrogen-bond acceptors (Lipinski definition) is 9. The van der Waals surface area contributed by atoms with Crippen molar-refractivity contribution in [2.24, 2.45) is 0 Å². The van der Waals surface area contributed by atoms with Gasteiger partial charge in [0, 0.05) is 68.9 Å². The molecule has 2 fully saturated rings. The lowest BCUT2D eigenvalue weighted by Crippen LogP contribution is -2.72. The van der Waals surface area contributed by atoms with Gasteiger partial charge in [0.05, 0.1) is 28.3 Å². The number of nitro benzene ring substituents is 1. The molecule has 0 bridgehead atoms. The average molecular weight is 700 g/mol. The highest BCUT2D eigenvalue weighted by Gasteiger charge is 2.55. The minimum atomic E-state index is -4.38. The molecule has 12 nitrogen and oxygen atoms in total. The number of methoxy groups -OCH3 is 2. The van der Waals surface area contributed by atoms with Crippen molar-refractivity contribution in [3.8, 4) is 0 Å². The fourth-order valence-corrected chi connectivity index (χ4v) is 8.68. The summed E-state index contributed by atoms with van der Waals surface area (Å²) in [6.45, 7) is 0.322. The second-order valence-electron chi connectivity index (χ2n) is 11.3. The second kappa shape index (κ2) is 12.3. The van der Waals surface area contributed by atoms with Gasteiger partial charge in [0.15, 0.2) is 4.90 Å². The Hall–Kier alpha value is -3.53. The lowest BCUT2D eigenvalue weighted by molar-refractivity contribution is -0.387. The van der Waals surface area contributed by atoms with Gasteiger partial charge in [-0.15, -0.1) is 0 Å². The van der Waals surface area contributed by atoms with Gasteiger partial charge in [-0.1, -0.05) is 52.3 Å². The number of nitrogens with zero attached hydrogens (tertiary/aromatic N) is 4.